The van der Waals surface area contributed by atoms with E-state index in [0.29, 0.717) is 42.4 Å². The van der Waals surface area contributed by atoms with Crippen molar-refractivity contribution in [3.05, 3.63) is 35.8 Å². The Balaban J connectivity index is 1.75. The lowest BCUT2D eigenvalue weighted by Crippen LogP contribution is -2.41. The van der Waals surface area contributed by atoms with Crippen LogP contribution in [0.1, 0.15) is 42.5 Å². The molecule has 6 nitrogen and oxygen atoms in total. The lowest BCUT2D eigenvalue weighted by molar-refractivity contribution is -0.122. The Bertz CT molecular complexity index is 903. The fraction of sp³-hybridized carbons (Fsp3) is 0.476. The average molecular weight is 384 g/mol. The Morgan fingerprint density at radius 1 is 1.07 bits per heavy atom. The number of likely N-dealkylation sites (tertiary alicyclic amines) is 1. The van der Waals surface area contributed by atoms with E-state index in [1.807, 2.05) is 4.90 Å². The summed E-state index contributed by atoms with van der Waals surface area (Å²) in [6, 6.07) is 4.47. The number of primary amides is 1. The van der Waals surface area contributed by atoms with Crippen LogP contribution in [0.5, 0.6) is 0 Å². The van der Waals surface area contributed by atoms with E-state index in [-0.39, 0.29) is 23.5 Å². The van der Waals surface area contributed by atoms with Gasteiger partial charge in [-0.25, -0.2) is 4.39 Å². The molecule has 0 unspecified atom stereocenters. The fourth-order valence-corrected chi connectivity index (χ4v) is 4.30. The number of hydrogen-bond donors (Lipinski definition) is 1. The molecule has 2 aromatic rings. The van der Waals surface area contributed by atoms with E-state index in [0.717, 1.165) is 38.0 Å². The van der Waals surface area contributed by atoms with Gasteiger partial charge in [-0.1, -0.05) is 0 Å². The molecule has 148 valence electrons. The van der Waals surface area contributed by atoms with Gasteiger partial charge < -0.3 is 15.5 Å². The first-order chi connectivity index (χ1) is 13.5. The summed E-state index contributed by atoms with van der Waals surface area (Å²) in [5.41, 5.74) is 7.35. The number of pyridine rings is 1. The van der Waals surface area contributed by atoms with Gasteiger partial charge in [0.05, 0.1) is 16.8 Å². The molecular weight excluding hydrogens is 359 g/mol. The van der Waals surface area contributed by atoms with Gasteiger partial charge in [-0.2, -0.15) is 0 Å². The van der Waals surface area contributed by atoms with E-state index in [2.05, 4.69) is 9.88 Å². The summed E-state index contributed by atoms with van der Waals surface area (Å²) in [6.07, 6.45) is 6.02. The van der Waals surface area contributed by atoms with E-state index < -0.39 is 0 Å². The Kier molecular flexibility index (Phi) is 5.15. The first kappa shape index (κ1) is 18.7. The molecule has 0 bridgehead atoms. The fourth-order valence-electron chi connectivity index (χ4n) is 4.30. The maximum atomic E-state index is 14.0. The number of rotatable bonds is 3. The molecule has 2 aliphatic heterocycles. The van der Waals surface area contributed by atoms with Crippen LogP contribution in [0.4, 0.5) is 10.1 Å². The monoisotopic (exact) mass is 384 g/mol. The number of aromatic nitrogens is 1. The highest BCUT2D eigenvalue weighted by Gasteiger charge is 2.29. The van der Waals surface area contributed by atoms with Crippen molar-refractivity contribution < 1.29 is 14.0 Å². The first-order valence-electron chi connectivity index (χ1n) is 9.96. The smallest absolute Gasteiger partial charge is 0.257 e. The molecule has 1 aromatic heterocycles. The lowest BCUT2D eigenvalue weighted by atomic mass is 9.94. The molecule has 7 heteroatoms. The number of hydrogen-bond acceptors (Lipinski definition) is 4. The van der Waals surface area contributed by atoms with Gasteiger partial charge in [-0.3, -0.25) is 14.6 Å². The highest BCUT2D eigenvalue weighted by Crippen LogP contribution is 2.34. The van der Waals surface area contributed by atoms with Crippen LogP contribution in [-0.4, -0.2) is 47.9 Å². The van der Waals surface area contributed by atoms with Gasteiger partial charge in [0.15, 0.2) is 0 Å². The summed E-state index contributed by atoms with van der Waals surface area (Å²) in [5, 5.41) is 0.639. The molecular formula is C21H25FN4O2. The van der Waals surface area contributed by atoms with Gasteiger partial charge in [-0.05, 0) is 50.3 Å². The van der Waals surface area contributed by atoms with Crippen molar-refractivity contribution in [2.24, 2.45) is 11.7 Å². The van der Waals surface area contributed by atoms with Gasteiger partial charge in [-0.15, -0.1) is 0 Å². The van der Waals surface area contributed by atoms with Gasteiger partial charge in [0.25, 0.3) is 5.91 Å². The largest absolute Gasteiger partial charge is 0.370 e. The number of nitrogens with two attached hydrogens (primary N) is 1. The Hall–Kier alpha value is -2.70. The summed E-state index contributed by atoms with van der Waals surface area (Å²) < 4.78 is 14.0. The minimum Gasteiger partial charge on any atom is -0.370 e. The van der Waals surface area contributed by atoms with Crippen LogP contribution < -0.4 is 10.6 Å². The normalized spacial score (nSPS) is 18.5. The summed E-state index contributed by atoms with van der Waals surface area (Å²) in [7, 11) is 0. The molecule has 28 heavy (non-hydrogen) atoms. The SMILES string of the molecule is NC(=O)C1CCN(c2c(C(=O)N3CCCCC3)cnc3ccc(F)cc23)CC1. The molecule has 0 atom stereocenters. The maximum Gasteiger partial charge on any atom is 0.257 e. The molecule has 0 spiro atoms. The van der Waals surface area contributed by atoms with Gasteiger partial charge in [0.2, 0.25) is 5.91 Å². The standard InChI is InChI=1S/C21H25FN4O2/c22-15-4-5-18-16(12-15)19(25-10-6-14(7-11-25)20(23)27)17(13-24-18)21(28)26-8-2-1-3-9-26/h4-5,12-14H,1-3,6-11H2,(H2,23,27). The Labute approximate surface area is 163 Å². The number of amides is 2. The molecule has 2 N–H and O–H groups in total. The second kappa shape index (κ2) is 7.73. The van der Waals surface area contributed by atoms with Crippen LogP contribution in [-0.2, 0) is 4.79 Å². The predicted octanol–water partition coefficient (Wildman–Crippen LogP) is 2.70. The molecule has 0 aliphatic carbocycles. The number of fused-ring (bicyclic) bond motifs is 1. The molecule has 2 amide bonds. The average Bonchev–Trinajstić information content (AvgIpc) is 2.73. The zero-order chi connectivity index (χ0) is 19.7. The minimum atomic E-state index is -0.356. The van der Waals surface area contributed by atoms with Crippen molar-refractivity contribution in [3.8, 4) is 0 Å². The molecule has 2 saturated heterocycles. The number of carbonyl (C=O) groups excluding carboxylic acids is 2. The lowest BCUT2D eigenvalue weighted by Gasteiger charge is -2.35. The van der Waals surface area contributed by atoms with E-state index in [1.54, 1.807) is 12.3 Å². The molecule has 0 radical (unpaired) electrons. The van der Waals surface area contributed by atoms with Gasteiger partial charge in [0, 0.05) is 43.7 Å². The molecule has 4 rings (SSSR count). The van der Waals surface area contributed by atoms with Crippen molar-refractivity contribution in [1.82, 2.24) is 9.88 Å². The number of benzene rings is 1. The van der Waals surface area contributed by atoms with Crippen molar-refractivity contribution >= 4 is 28.4 Å². The summed E-state index contributed by atoms with van der Waals surface area (Å²) in [6.45, 7) is 2.68. The van der Waals surface area contributed by atoms with Crippen molar-refractivity contribution in [2.75, 3.05) is 31.1 Å². The summed E-state index contributed by atoms with van der Waals surface area (Å²) in [4.78, 5) is 33.1. The van der Waals surface area contributed by atoms with Crippen LogP contribution in [0, 0.1) is 11.7 Å². The summed E-state index contributed by atoms with van der Waals surface area (Å²) >= 11 is 0. The number of anilines is 1. The Morgan fingerprint density at radius 2 is 1.79 bits per heavy atom. The minimum absolute atomic E-state index is 0.0506. The van der Waals surface area contributed by atoms with Crippen LogP contribution in [0.3, 0.4) is 0 Å². The topological polar surface area (TPSA) is 79.5 Å². The van der Waals surface area contributed by atoms with Crippen LogP contribution in [0.15, 0.2) is 24.4 Å². The van der Waals surface area contributed by atoms with Crippen molar-refractivity contribution in [1.29, 1.82) is 0 Å². The number of nitrogens with zero attached hydrogens (tertiary/aromatic N) is 3. The molecule has 2 fully saturated rings. The quantitative estimate of drug-likeness (QED) is 0.882. The van der Waals surface area contributed by atoms with Crippen LogP contribution >= 0.6 is 0 Å². The third kappa shape index (κ3) is 3.53. The number of carbonyl (C=O) groups is 2. The Morgan fingerprint density at radius 3 is 2.46 bits per heavy atom. The maximum absolute atomic E-state index is 14.0. The highest BCUT2D eigenvalue weighted by molar-refractivity contribution is 6.07. The van der Waals surface area contributed by atoms with Crippen LogP contribution in [0.2, 0.25) is 0 Å². The predicted molar refractivity (Wildman–Crippen MR) is 106 cm³/mol. The highest BCUT2D eigenvalue weighted by atomic mass is 19.1. The second-order valence-electron chi connectivity index (χ2n) is 7.70. The summed E-state index contributed by atoms with van der Waals surface area (Å²) in [5.74, 6) is -0.840. The van der Waals surface area contributed by atoms with Crippen LogP contribution in [0.25, 0.3) is 10.9 Å². The second-order valence-corrected chi connectivity index (χ2v) is 7.70. The molecule has 1 aromatic carbocycles. The van der Waals surface area contributed by atoms with Gasteiger partial charge >= 0.3 is 0 Å². The molecule has 2 aliphatic rings. The van der Waals surface area contributed by atoms with Gasteiger partial charge in [0.1, 0.15) is 5.82 Å². The third-order valence-corrected chi connectivity index (χ3v) is 5.89. The zero-order valence-corrected chi connectivity index (χ0v) is 15.9. The van der Waals surface area contributed by atoms with E-state index in [1.165, 1.54) is 12.1 Å². The van der Waals surface area contributed by atoms with E-state index in [9.17, 15) is 14.0 Å². The molecule has 0 saturated carbocycles. The zero-order valence-electron chi connectivity index (χ0n) is 15.9. The van der Waals surface area contributed by atoms with E-state index >= 15 is 0 Å². The number of halogens is 1. The van der Waals surface area contributed by atoms with Crippen molar-refractivity contribution in [3.63, 3.8) is 0 Å². The number of piperidine rings is 2. The first-order valence-corrected chi connectivity index (χ1v) is 9.96. The third-order valence-electron chi connectivity index (χ3n) is 5.89. The molecule has 3 heterocycles. The van der Waals surface area contributed by atoms with E-state index in [4.69, 9.17) is 5.73 Å². The van der Waals surface area contributed by atoms with Crippen molar-refractivity contribution in [2.45, 2.75) is 32.1 Å².